The van der Waals surface area contributed by atoms with Crippen molar-refractivity contribution in [3.05, 3.63) is 321 Å². The van der Waals surface area contributed by atoms with Gasteiger partial charge in [-0.2, -0.15) is 0 Å². The third kappa shape index (κ3) is 12.0. The van der Waals surface area contributed by atoms with Gasteiger partial charge in [0.15, 0.2) is 18.2 Å². The number of fused-ring (bicyclic) bond motifs is 12. The topological polar surface area (TPSA) is 155 Å². The maximum atomic E-state index is 14.1. The number of rotatable bonds is 17. The zero-order chi connectivity index (χ0) is 75.7. The number of hydrogen-bond acceptors (Lipinski definition) is 11. The van der Waals surface area contributed by atoms with E-state index in [-0.39, 0.29) is 70.0 Å². The first kappa shape index (κ1) is 72.7. The van der Waals surface area contributed by atoms with Gasteiger partial charge in [0.25, 0.3) is 0 Å². The van der Waals surface area contributed by atoms with Gasteiger partial charge < -0.3 is 33.9 Å². The average Bonchev–Trinajstić information content (AvgIpc) is 1.38. The number of ketones is 3. The molecule has 0 bridgehead atoms. The fraction of sp³-hybridized carbons (Fsp3) is 0.327. The van der Waals surface area contributed by atoms with Crippen molar-refractivity contribution in [3.63, 3.8) is 0 Å². The molecule has 0 radical (unpaired) electrons. The van der Waals surface area contributed by atoms with Crippen molar-refractivity contribution in [2.75, 3.05) is 13.2 Å². The van der Waals surface area contributed by atoms with E-state index < -0.39 is 34.4 Å². The molecule has 10 aromatic carbocycles. The van der Waals surface area contributed by atoms with Crippen LogP contribution in [0.4, 0.5) is 0 Å². The van der Waals surface area contributed by atoms with Crippen LogP contribution in [0.5, 0.6) is 23.0 Å². The van der Waals surface area contributed by atoms with E-state index in [0.29, 0.717) is 57.5 Å². The van der Waals surface area contributed by atoms with Crippen LogP contribution < -0.4 is 9.47 Å². The van der Waals surface area contributed by atoms with E-state index in [1.165, 1.54) is 0 Å². The van der Waals surface area contributed by atoms with E-state index in [0.717, 1.165) is 131 Å². The third-order valence-corrected chi connectivity index (χ3v) is 26.4. The number of benzene rings is 10. The average molecular weight is 1450 g/mol. The minimum absolute atomic E-state index is 0.0550. The van der Waals surface area contributed by atoms with Crippen LogP contribution in [0, 0.1) is 46.3 Å². The number of phenols is 2. The van der Waals surface area contributed by atoms with Crippen LogP contribution in [0.2, 0.25) is 0 Å². The Bertz CT molecular complexity index is 4810. The largest absolute Gasteiger partial charge is 0.508 e. The first-order valence-electron chi connectivity index (χ1n) is 39.3. The summed E-state index contributed by atoms with van der Waals surface area (Å²) in [4.78, 5) is 53.5. The lowest BCUT2D eigenvalue weighted by molar-refractivity contribution is -0.166. The summed E-state index contributed by atoms with van der Waals surface area (Å²) in [5.74, 6) is 2.91. The van der Waals surface area contributed by atoms with Gasteiger partial charge in [-0.3, -0.25) is 19.2 Å². The summed E-state index contributed by atoms with van der Waals surface area (Å²) in [6, 6.07) is 83.6. The second kappa shape index (κ2) is 28.8. The Morgan fingerprint density at radius 2 is 0.844 bits per heavy atom. The Balaban J connectivity index is 0.000000181. The standard InChI is InChI=1S/C60H52O6.C38H44O5/c1-5-63-39(3)65-47-35-27-43(28-36-47)59(41-23-31-45(61)32-24-41)53-19-11-7-15-49(53)57(50-16-8-12-20-54(50)59)58-51-17-9-13-21-55(51)60(42-25-33-46(62)34-26-42,56-22-14-10-18-52(56)58)44-29-37-48(38-30-44)66-40(4)64-6-2;1-22(13-16-34(42)43-38(4)28-11-7-5-9-25(28)26-10-6-8-12-29(26)38)27-14-15-30-35-31(21-33(41)37(27,30)3)36(2)18-17-24(39)19-23(36)20-32(35)40/h7-40,61-62H,5-6H2,1-4H3;5-12,22-23,27,30-31,35H,13-21H2,1-4H3. The predicted molar refractivity (Wildman–Crippen MR) is 425 cm³/mol. The first-order valence-corrected chi connectivity index (χ1v) is 39.3. The molecular weight excluding hydrogens is 1350 g/mol. The minimum atomic E-state index is -0.828. The molecule has 0 aliphatic heterocycles. The van der Waals surface area contributed by atoms with Crippen LogP contribution >= 0.6 is 0 Å². The summed E-state index contributed by atoms with van der Waals surface area (Å²) in [6.07, 6.45) is 4.78. The highest BCUT2D eigenvalue weighted by molar-refractivity contribution is 6.11. The van der Waals surface area contributed by atoms with Crippen LogP contribution in [0.15, 0.2) is 243 Å². The van der Waals surface area contributed by atoms with Gasteiger partial charge in [0.1, 0.15) is 40.3 Å². The minimum Gasteiger partial charge on any atom is -0.508 e. The number of esters is 1. The van der Waals surface area contributed by atoms with Gasteiger partial charge in [-0.1, -0.05) is 215 Å². The Kier molecular flexibility index (Phi) is 19.2. The van der Waals surface area contributed by atoms with Crippen LogP contribution in [0.1, 0.15) is 191 Å². The molecule has 0 aromatic heterocycles. The monoisotopic (exact) mass is 1450 g/mol. The number of carbonyl (C=O) groups is 4. The van der Waals surface area contributed by atoms with E-state index in [2.05, 4.69) is 154 Å². The van der Waals surface area contributed by atoms with Gasteiger partial charge in [0, 0.05) is 67.8 Å². The number of Topliss-reactive ketones (excluding diaryl/α,β-unsaturated/α-hetero) is 3. The summed E-state index contributed by atoms with van der Waals surface area (Å²) >= 11 is 0. The molecule has 554 valence electrons. The summed E-state index contributed by atoms with van der Waals surface area (Å²) in [7, 11) is 0. The molecule has 0 spiro atoms. The van der Waals surface area contributed by atoms with Crippen molar-refractivity contribution in [2.45, 2.75) is 142 Å². The highest BCUT2D eigenvalue weighted by atomic mass is 16.7. The fourth-order valence-corrected chi connectivity index (χ4v) is 21.5. The first-order chi connectivity index (χ1) is 52.8. The molecule has 0 amide bonds. The van der Waals surface area contributed by atoms with E-state index >= 15 is 0 Å². The van der Waals surface area contributed by atoms with Crippen LogP contribution in [-0.4, -0.2) is 59.3 Å². The molecule has 0 saturated heterocycles. The second-order valence-corrected chi connectivity index (χ2v) is 31.9. The quantitative estimate of drug-likeness (QED) is 0.0661. The van der Waals surface area contributed by atoms with Gasteiger partial charge in [0.05, 0.1) is 10.8 Å². The zero-order valence-electron chi connectivity index (χ0n) is 63.6. The number of hydrogen-bond donors (Lipinski definition) is 2. The van der Waals surface area contributed by atoms with E-state index in [1.807, 2.05) is 120 Å². The second-order valence-electron chi connectivity index (χ2n) is 31.9. The Morgan fingerprint density at radius 3 is 1.26 bits per heavy atom. The van der Waals surface area contributed by atoms with Crippen LogP contribution in [0.3, 0.4) is 0 Å². The van der Waals surface area contributed by atoms with Crippen molar-refractivity contribution in [3.8, 4) is 34.1 Å². The molecule has 10 atom stereocenters. The zero-order valence-corrected chi connectivity index (χ0v) is 63.6. The Labute approximate surface area is 640 Å². The molecule has 109 heavy (non-hydrogen) atoms. The molecule has 4 saturated carbocycles. The molecule has 4 fully saturated rings. The molecule has 11 nitrogen and oxygen atoms in total. The van der Waals surface area contributed by atoms with E-state index in [4.69, 9.17) is 23.7 Å². The van der Waals surface area contributed by atoms with Crippen molar-refractivity contribution >= 4 is 34.5 Å². The number of carbonyl (C=O) groups excluding carboxylic acids is 4. The molecule has 11 heteroatoms. The summed E-state index contributed by atoms with van der Waals surface area (Å²) in [5.41, 5.74) is 16.6. The molecule has 17 rings (SSSR count). The summed E-state index contributed by atoms with van der Waals surface area (Å²) in [6.45, 7) is 17.4. The Hall–Kier alpha value is -10.5. The summed E-state index contributed by atoms with van der Waals surface area (Å²) in [5, 5.41) is 21.4. The maximum absolute atomic E-state index is 14.1. The lowest BCUT2D eigenvalue weighted by atomic mass is 9.44. The highest BCUT2D eigenvalue weighted by Gasteiger charge is 2.66. The molecule has 10 aromatic rings. The smallest absolute Gasteiger partial charge is 0.307 e. The van der Waals surface area contributed by atoms with Gasteiger partial charge in [-0.15, -0.1) is 0 Å². The van der Waals surface area contributed by atoms with Crippen molar-refractivity contribution < 1.29 is 53.1 Å². The van der Waals surface area contributed by atoms with Crippen molar-refractivity contribution in [1.82, 2.24) is 0 Å². The molecule has 10 unspecified atom stereocenters. The van der Waals surface area contributed by atoms with E-state index in [9.17, 15) is 29.4 Å². The van der Waals surface area contributed by atoms with Crippen molar-refractivity contribution in [2.24, 2.45) is 46.3 Å². The summed E-state index contributed by atoms with van der Waals surface area (Å²) < 4.78 is 30.1. The Morgan fingerprint density at radius 1 is 0.459 bits per heavy atom. The SMILES string of the molecule is CC(CCC(=O)OC1(C)c2ccccc2-c2ccccc21)C1CCC2C3C(=O)CC4CC(=O)CCC4(C)C3CC(=O)C12C.CCOC(C)Oc1ccc(C2(c3ccc(O)cc3)c3ccccc3C(=C3c4ccccc4C(c4ccc(O)cc4)(c4ccc(OC(C)OCC)cc4)c4ccccc43)c3ccccc32)cc1. The van der Waals surface area contributed by atoms with Gasteiger partial charge in [0.2, 0.25) is 0 Å². The van der Waals surface area contributed by atoms with Gasteiger partial charge >= 0.3 is 5.97 Å². The third-order valence-electron chi connectivity index (χ3n) is 26.4. The highest BCUT2D eigenvalue weighted by Crippen LogP contribution is 2.67. The van der Waals surface area contributed by atoms with E-state index in [1.54, 1.807) is 24.3 Å². The van der Waals surface area contributed by atoms with Crippen LogP contribution in [-0.2, 0) is 49.8 Å². The van der Waals surface area contributed by atoms with Gasteiger partial charge in [-0.05, 0) is 233 Å². The fourth-order valence-electron chi connectivity index (χ4n) is 21.5. The van der Waals surface area contributed by atoms with Crippen LogP contribution in [0.25, 0.3) is 22.3 Å². The maximum Gasteiger partial charge on any atom is 0.307 e. The number of ether oxygens (including phenoxy) is 5. The molecule has 7 aliphatic carbocycles. The molecule has 7 aliphatic rings. The lowest BCUT2D eigenvalue weighted by Crippen LogP contribution is -2.60. The molecular formula is C98H96O11. The van der Waals surface area contributed by atoms with Crippen molar-refractivity contribution in [1.29, 1.82) is 0 Å². The molecule has 2 N–H and O–H groups in total. The lowest BCUT2D eigenvalue weighted by Gasteiger charge is -2.58. The number of phenolic OH excluding ortho intramolecular Hbond substituents is 2. The molecule has 0 heterocycles. The number of aromatic hydroxyl groups is 2. The van der Waals surface area contributed by atoms with Gasteiger partial charge in [-0.25, -0.2) is 0 Å². The normalized spacial score (nSPS) is 25.2. The predicted octanol–water partition coefficient (Wildman–Crippen LogP) is 20.5.